The molecule has 1 unspecified atom stereocenters. The molecule has 0 saturated carbocycles. The summed E-state index contributed by atoms with van der Waals surface area (Å²) in [7, 11) is 4.20. The van der Waals surface area contributed by atoms with E-state index < -0.39 is 0 Å². The van der Waals surface area contributed by atoms with E-state index in [2.05, 4.69) is 53.7 Å². The Hall–Kier alpha value is -1.06. The van der Waals surface area contributed by atoms with E-state index in [1.54, 1.807) is 0 Å². The molecule has 0 amide bonds. The lowest BCUT2D eigenvalue weighted by Gasteiger charge is -2.21. The Balaban J connectivity index is 2.41. The van der Waals surface area contributed by atoms with Gasteiger partial charge in [-0.1, -0.05) is 12.1 Å². The van der Waals surface area contributed by atoms with Crippen molar-refractivity contribution in [3.63, 3.8) is 0 Å². The van der Waals surface area contributed by atoms with Crippen molar-refractivity contribution < 1.29 is 0 Å². The minimum Gasteiger partial charge on any atom is -0.326 e. The van der Waals surface area contributed by atoms with Crippen molar-refractivity contribution in [1.29, 1.82) is 0 Å². The molecule has 18 heavy (non-hydrogen) atoms. The fourth-order valence-corrected chi connectivity index (χ4v) is 2.20. The van der Waals surface area contributed by atoms with Crippen LogP contribution < -0.4 is 0 Å². The first-order valence-corrected chi connectivity index (χ1v) is 6.83. The first kappa shape index (κ1) is 13.4. The Kier molecular flexibility index (Phi) is 4.25. The highest BCUT2D eigenvalue weighted by atomic mass is 35.5. The summed E-state index contributed by atoms with van der Waals surface area (Å²) in [6.07, 6.45) is 0.816. The lowest BCUT2D eigenvalue weighted by Crippen LogP contribution is -2.29. The number of halogens is 1. The number of likely N-dealkylation sites (N-methyl/N-ethyl adjacent to an activating group) is 1. The summed E-state index contributed by atoms with van der Waals surface area (Å²) in [6.45, 7) is 3.17. The Labute approximate surface area is 113 Å². The van der Waals surface area contributed by atoms with Crippen LogP contribution in [-0.2, 0) is 13.0 Å². The van der Waals surface area contributed by atoms with Gasteiger partial charge in [-0.15, -0.1) is 11.6 Å². The molecule has 1 aromatic carbocycles. The van der Waals surface area contributed by atoms with Gasteiger partial charge < -0.3 is 9.47 Å². The number of para-hydroxylation sites is 2. The summed E-state index contributed by atoms with van der Waals surface area (Å²) in [5.41, 5.74) is 2.26. The quantitative estimate of drug-likeness (QED) is 0.775. The zero-order valence-electron chi connectivity index (χ0n) is 11.2. The maximum atomic E-state index is 5.87. The minimum atomic E-state index is 0.469. The average molecular weight is 266 g/mol. The number of fused-ring (bicyclic) bond motifs is 1. The van der Waals surface area contributed by atoms with E-state index in [-0.39, 0.29) is 0 Å². The largest absolute Gasteiger partial charge is 0.326 e. The SMILES string of the molecule is CC(Cn1c(CCCl)nc2ccccc21)N(C)C. The molecule has 2 rings (SSSR count). The molecule has 0 spiro atoms. The monoisotopic (exact) mass is 265 g/mol. The third kappa shape index (κ3) is 2.68. The van der Waals surface area contributed by atoms with Crippen molar-refractivity contribution in [2.45, 2.75) is 25.9 Å². The van der Waals surface area contributed by atoms with Gasteiger partial charge in [0.05, 0.1) is 11.0 Å². The second kappa shape index (κ2) is 5.72. The fraction of sp³-hybridized carbons (Fsp3) is 0.500. The van der Waals surface area contributed by atoms with Gasteiger partial charge in [-0.3, -0.25) is 0 Å². The number of benzene rings is 1. The number of alkyl halides is 1. The summed E-state index contributed by atoms with van der Waals surface area (Å²) in [5, 5.41) is 0. The molecule has 1 aromatic heterocycles. The maximum Gasteiger partial charge on any atom is 0.111 e. The van der Waals surface area contributed by atoms with Gasteiger partial charge in [0.25, 0.3) is 0 Å². The number of hydrogen-bond donors (Lipinski definition) is 0. The van der Waals surface area contributed by atoms with E-state index in [0.717, 1.165) is 24.3 Å². The van der Waals surface area contributed by atoms with Crippen LogP contribution in [0.5, 0.6) is 0 Å². The number of imidazole rings is 1. The lowest BCUT2D eigenvalue weighted by molar-refractivity contribution is 0.284. The van der Waals surface area contributed by atoms with Gasteiger partial charge in [0.2, 0.25) is 0 Å². The van der Waals surface area contributed by atoms with E-state index in [4.69, 9.17) is 11.6 Å². The first-order chi connectivity index (χ1) is 8.63. The molecule has 0 fully saturated rings. The van der Waals surface area contributed by atoms with Crippen molar-refractivity contribution in [3.05, 3.63) is 30.1 Å². The van der Waals surface area contributed by atoms with Crippen LogP contribution in [0.2, 0.25) is 0 Å². The zero-order valence-corrected chi connectivity index (χ0v) is 12.0. The number of hydrogen-bond acceptors (Lipinski definition) is 2. The molecular weight excluding hydrogens is 246 g/mol. The highest BCUT2D eigenvalue weighted by Gasteiger charge is 2.13. The van der Waals surface area contributed by atoms with E-state index in [9.17, 15) is 0 Å². The standard InChI is InChI=1S/C14H20ClN3/c1-11(17(2)3)10-18-13-7-5-4-6-12(13)16-14(18)8-9-15/h4-7,11H,8-10H2,1-3H3. The van der Waals surface area contributed by atoms with E-state index >= 15 is 0 Å². The zero-order chi connectivity index (χ0) is 13.1. The molecule has 0 aliphatic carbocycles. The minimum absolute atomic E-state index is 0.469. The lowest BCUT2D eigenvalue weighted by atomic mass is 10.2. The van der Waals surface area contributed by atoms with Crippen molar-refractivity contribution in [1.82, 2.24) is 14.5 Å². The molecule has 1 heterocycles. The van der Waals surface area contributed by atoms with Gasteiger partial charge in [0.1, 0.15) is 5.82 Å². The van der Waals surface area contributed by atoms with Crippen molar-refractivity contribution in [2.24, 2.45) is 0 Å². The van der Waals surface area contributed by atoms with E-state index in [1.165, 1.54) is 5.52 Å². The predicted molar refractivity (Wildman–Crippen MR) is 77.3 cm³/mol. The van der Waals surface area contributed by atoms with Crippen molar-refractivity contribution in [3.8, 4) is 0 Å². The van der Waals surface area contributed by atoms with Gasteiger partial charge in [-0.25, -0.2) is 4.98 Å². The molecule has 98 valence electrons. The second-order valence-corrected chi connectivity index (χ2v) is 5.26. The molecule has 0 saturated heterocycles. The normalized spacial score (nSPS) is 13.4. The van der Waals surface area contributed by atoms with Gasteiger partial charge in [-0.2, -0.15) is 0 Å². The first-order valence-electron chi connectivity index (χ1n) is 6.30. The summed E-state index contributed by atoms with van der Waals surface area (Å²) < 4.78 is 2.29. The summed E-state index contributed by atoms with van der Waals surface area (Å²) in [6, 6.07) is 8.74. The number of aromatic nitrogens is 2. The second-order valence-electron chi connectivity index (χ2n) is 4.88. The van der Waals surface area contributed by atoms with E-state index in [0.29, 0.717) is 11.9 Å². The highest BCUT2D eigenvalue weighted by Crippen LogP contribution is 2.18. The molecule has 2 aromatic rings. The third-order valence-electron chi connectivity index (χ3n) is 3.38. The van der Waals surface area contributed by atoms with Crippen LogP contribution in [0.25, 0.3) is 11.0 Å². The summed E-state index contributed by atoms with van der Waals surface area (Å²) in [4.78, 5) is 6.90. The molecule has 0 radical (unpaired) electrons. The number of rotatable bonds is 5. The Morgan fingerprint density at radius 2 is 2.06 bits per heavy atom. The average Bonchev–Trinajstić information content (AvgIpc) is 2.68. The maximum absolute atomic E-state index is 5.87. The van der Waals surface area contributed by atoms with Gasteiger partial charge in [0, 0.05) is 24.9 Å². The molecule has 0 bridgehead atoms. The molecule has 1 atom stereocenters. The van der Waals surface area contributed by atoms with Gasteiger partial charge in [0.15, 0.2) is 0 Å². The fourth-order valence-electron chi connectivity index (χ4n) is 2.03. The van der Waals surface area contributed by atoms with Gasteiger partial charge >= 0.3 is 0 Å². The van der Waals surface area contributed by atoms with Crippen LogP contribution >= 0.6 is 11.6 Å². The van der Waals surface area contributed by atoms with Crippen molar-refractivity contribution in [2.75, 3.05) is 20.0 Å². The van der Waals surface area contributed by atoms with Gasteiger partial charge in [-0.05, 0) is 33.2 Å². The topological polar surface area (TPSA) is 21.1 Å². The Bertz CT molecular complexity index is 519. The Morgan fingerprint density at radius 1 is 1.33 bits per heavy atom. The van der Waals surface area contributed by atoms with E-state index in [1.807, 2.05) is 6.07 Å². The smallest absolute Gasteiger partial charge is 0.111 e. The summed E-state index contributed by atoms with van der Waals surface area (Å²) >= 11 is 5.87. The molecule has 0 N–H and O–H groups in total. The Morgan fingerprint density at radius 3 is 2.72 bits per heavy atom. The van der Waals surface area contributed by atoms with Crippen LogP contribution in [-0.4, -0.2) is 40.5 Å². The van der Waals surface area contributed by atoms with Crippen LogP contribution in [0, 0.1) is 0 Å². The van der Waals surface area contributed by atoms with Crippen molar-refractivity contribution >= 4 is 22.6 Å². The molecular formula is C14H20ClN3. The van der Waals surface area contributed by atoms with Crippen LogP contribution in [0.15, 0.2) is 24.3 Å². The van der Waals surface area contributed by atoms with Crippen LogP contribution in [0.1, 0.15) is 12.7 Å². The molecule has 3 nitrogen and oxygen atoms in total. The third-order valence-corrected chi connectivity index (χ3v) is 3.57. The predicted octanol–water partition coefficient (Wildman–Crippen LogP) is 2.77. The molecule has 0 aliphatic rings. The number of nitrogens with zero attached hydrogens (tertiary/aromatic N) is 3. The summed E-state index contributed by atoms with van der Waals surface area (Å²) in [5.74, 6) is 1.69. The highest BCUT2D eigenvalue weighted by molar-refractivity contribution is 6.17. The van der Waals surface area contributed by atoms with Crippen LogP contribution in [0.3, 0.4) is 0 Å². The molecule has 4 heteroatoms. The molecule has 0 aliphatic heterocycles. The van der Waals surface area contributed by atoms with Crippen LogP contribution in [0.4, 0.5) is 0 Å². The number of aryl methyl sites for hydroxylation is 1.